The maximum absolute atomic E-state index is 5.82. The Morgan fingerprint density at radius 2 is 2.06 bits per heavy atom. The SMILES string of the molecule is Cc1ccc(NCCOC2CCCCC2)nn1. The van der Waals surface area contributed by atoms with Crippen LogP contribution < -0.4 is 5.32 Å². The molecule has 0 aliphatic heterocycles. The van der Waals surface area contributed by atoms with E-state index in [9.17, 15) is 0 Å². The third kappa shape index (κ3) is 4.30. The lowest BCUT2D eigenvalue weighted by Gasteiger charge is -2.22. The molecule has 94 valence electrons. The Morgan fingerprint density at radius 1 is 1.24 bits per heavy atom. The smallest absolute Gasteiger partial charge is 0.148 e. The highest BCUT2D eigenvalue weighted by Gasteiger charge is 2.12. The summed E-state index contributed by atoms with van der Waals surface area (Å²) >= 11 is 0. The van der Waals surface area contributed by atoms with E-state index in [1.807, 2.05) is 19.1 Å². The minimum absolute atomic E-state index is 0.481. The predicted octanol–water partition coefficient (Wildman–Crippen LogP) is 2.55. The molecule has 1 aliphatic carbocycles. The highest BCUT2D eigenvalue weighted by molar-refractivity contribution is 5.32. The zero-order chi connectivity index (χ0) is 11.9. The number of aromatic nitrogens is 2. The molecular weight excluding hydrogens is 214 g/mol. The first-order valence-corrected chi connectivity index (χ1v) is 6.50. The Hall–Kier alpha value is -1.16. The van der Waals surface area contributed by atoms with Crippen LogP contribution in [0.15, 0.2) is 12.1 Å². The van der Waals surface area contributed by atoms with Crippen LogP contribution in [0, 0.1) is 6.92 Å². The number of hydrogen-bond acceptors (Lipinski definition) is 4. The van der Waals surface area contributed by atoms with Crippen molar-refractivity contribution in [2.45, 2.75) is 45.1 Å². The lowest BCUT2D eigenvalue weighted by atomic mass is 9.98. The monoisotopic (exact) mass is 235 g/mol. The van der Waals surface area contributed by atoms with Crippen LogP contribution in [0.4, 0.5) is 5.82 Å². The van der Waals surface area contributed by atoms with E-state index in [0.29, 0.717) is 6.10 Å². The number of ether oxygens (including phenoxy) is 1. The van der Waals surface area contributed by atoms with Crippen molar-refractivity contribution in [2.75, 3.05) is 18.5 Å². The summed E-state index contributed by atoms with van der Waals surface area (Å²) in [6.07, 6.45) is 6.95. The van der Waals surface area contributed by atoms with Gasteiger partial charge in [0.2, 0.25) is 0 Å². The van der Waals surface area contributed by atoms with Gasteiger partial charge in [-0.1, -0.05) is 19.3 Å². The quantitative estimate of drug-likeness (QED) is 0.797. The second-order valence-corrected chi connectivity index (χ2v) is 4.62. The molecule has 1 N–H and O–H groups in total. The minimum Gasteiger partial charge on any atom is -0.376 e. The van der Waals surface area contributed by atoms with E-state index in [1.165, 1.54) is 32.1 Å². The molecule has 1 aromatic heterocycles. The maximum atomic E-state index is 5.82. The number of nitrogens with one attached hydrogen (secondary N) is 1. The molecule has 4 heteroatoms. The summed E-state index contributed by atoms with van der Waals surface area (Å²) < 4.78 is 5.82. The van der Waals surface area contributed by atoms with Crippen LogP contribution in [0.2, 0.25) is 0 Å². The van der Waals surface area contributed by atoms with Gasteiger partial charge in [-0.3, -0.25) is 0 Å². The fourth-order valence-electron chi connectivity index (χ4n) is 2.13. The van der Waals surface area contributed by atoms with Gasteiger partial charge in [0.25, 0.3) is 0 Å². The number of nitrogens with zero attached hydrogens (tertiary/aromatic N) is 2. The summed E-state index contributed by atoms with van der Waals surface area (Å²) in [4.78, 5) is 0. The van der Waals surface area contributed by atoms with Crippen LogP contribution >= 0.6 is 0 Å². The molecule has 0 unspecified atom stereocenters. The Balaban J connectivity index is 1.60. The zero-order valence-corrected chi connectivity index (χ0v) is 10.5. The van der Waals surface area contributed by atoms with Gasteiger partial charge < -0.3 is 10.1 Å². The Kier molecular flexibility index (Phi) is 4.74. The fraction of sp³-hybridized carbons (Fsp3) is 0.692. The van der Waals surface area contributed by atoms with Crippen LogP contribution in [0.25, 0.3) is 0 Å². The van der Waals surface area contributed by atoms with Crippen LogP contribution in [-0.4, -0.2) is 29.5 Å². The molecule has 0 saturated heterocycles. The Morgan fingerprint density at radius 3 is 2.76 bits per heavy atom. The predicted molar refractivity (Wildman–Crippen MR) is 68.1 cm³/mol. The Bertz CT molecular complexity index is 320. The second-order valence-electron chi connectivity index (χ2n) is 4.62. The van der Waals surface area contributed by atoms with Gasteiger partial charge in [-0.05, 0) is 31.9 Å². The third-order valence-electron chi connectivity index (χ3n) is 3.11. The standard InChI is InChI=1S/C13H21N3O/c1-11-7-8-13(16-15-11)14-9-10-17-12-5-3-2-4-6-12/h7-8,12H,2-6,9-10H2,1H3,(H,14,16). The van der Waals surface area contributed by atoms with Crippen molar-refractivity contribution in [3.05, 3.63) is 17.8 Å². The summed E-state index contributed by atoms with van der Waals surface area (Å²) in [5.74, 6) is 0.822. The van der Waals surface area contributed by atoms with Crippen LogP contribution in [0.5, 0.6) is 0 Å². The zero-order valence-electron chi connectivity index (χ0n) is 10.5. The van der Waals surface area contributed by atoms with Gasteiger partial charge in [-0.2, -0.15) is 5.10 Å². The van der Waals surface area contributed by atoms with E-state index in [0.717, 1.165) is 24.7 Å². The van der Waals surface area contributed by atoms with E-state index < -0.39 is 0 Å². The summed E-state index contributed by atoms with van der Waals surface area (Å²) in [6.45, 7) is 3.48. The fourth-order valence-corrected chi connectivity index (χ4v) is 2.13. The van der Waals surface area contributed by atoms with E-state index in [2.05, 4.69) is 15.5 Å². The molecule has 0 bridgehead atoms. The highest BCUT2D eigenvalue weighted by atomic mass is 16.5. The molecule has 17 heavy (non-hydrogen) atoms. The molecule has 0 atom stereocenters. The number of rotatable bonds is 5. The van der Waals surface area contributed by atoms with Crippen molar-refractivity contribution >= 4 is 5.82 Å². The van der Waals surface area contributed by atoms with E-state index >= 15 is 0 Å². The summed E-state index contributed by atoms with van der Waals surface area (Å²) in [7, 11) is 0. The second kappa shape index (κ2) is 6.55. The Labute approximate surface area is 103 Å². The van der Waals surface area contributed by atoms with Crippen molar-refractivity contribution in [1.82, 2.24) is 10.2 Å². The molecule has 1 aliphatic rings. The summed E-state index contributed by atoms with van der Waals surface area (Å²) in [5.41, 5.74) is 0.939. The van der Waals surface area contributed by atoms with E-state index in [-0.39, 0.29) is 0 Å². The highest BCUT2D eigenvalue weighted by Crippen LogP contribution is 2.19. The molecule has 1 fully saturated rings. The van der Waals surface area contributed by atoms with Crippen LogP contribution in [-0.2, 0) is 4.74 Å². The average molecular weight is 235 g/mol. The minimum atomic E-state index is 0.481. The molecule has 0 aromatic carbocycles. The van der Waals surface area contributed by atoms with Gasteiger partial charge in [-0.25, -0.2) is 0 Å². The molecule has 4 nitrogen and oxygen atoms in total. The topological polar surface area (TPSA) is 47.0 Å². The third-order valence-corrected chi connectivity index (χ3v) is 3.11. The molecule has 2 rings (SSSR count). The van der Waals surface area contributed by atoms with Crippen molar-refractivity contribution in [2.24, 2.45) is 0 Å². The van der Waals surface area contributed by atoms with Gasteiger partial charge in [0, 0.05) is 6.54 Å². The van der Waals surface area contributed by atoms with Gasteiger partial charge in [-0.15, -0.1) is 5.10 Å². The molecule has 1 saturated carbocycles. The van der Waals surface area contributed by atoms with Crippen molar-refractivity contribution in [3.63, 3.8) is 0 Å². The van der Waals surface area contributed by atoms with Crippen molar-refractivity contribution < 1.29 is 4.74 Å². The van der Waals surface area contributed by atoms with Crippen molar-refractivity contribution in [1.29, 1.82) is 0 Å². The molecule has 1 heterocycles. The van der Waals surface area contributed by atoms with Gasteiger partial charge in [0.1, 0.15) is 5.82 Å². The average Bonchev–Trinajstić information content (AvgIpc) is 2.38. The van der Waals surface area contributed by atoms with Gasteiger partial charge in [0.05, 0.1) is 18.4 Å². The summed E-state index contributed by atoms with van der Waals surface area (Å²) in [5, 5.41) is 11.3. The molecule has 0 amide bonds. The van der Waals surface area contributed by atoms with Crippen molar-refractivity contribution in [3.8, 4) is 0 Å². The van der Waals surface area contributed by atoms with Gasteiger partial charge >= 0.3 is 0 Å². The lowest BCUT2D eigenvalue weighted by molar-refractivity contribution is 0.0347. The number of aryl methyl sites for hydroxylation is 1. The first kappa shape index (κ1) is 12.3. The number of hydrogen-bond donors (Lipinski definition) is 1. The molecule has 0 spiro atoms. The number of anilines is 1. The van der Waals surface area contributed by atoms with Crippen LogP contribution in [0.1, 0.15) is 37.8 Å². The maximum Gasteiger partial charge on any atom is 0.148 e. The first-order chi connectivity index (χ1) is 8.34. The molecule has 1 aromatic rings. The largest absolute Gasteiger partial charge is 0.376 e. The lowest BCUT2D eigenvalue weighted by Crippen LogP contribution is -2.20. The van der Waals surface area contributed by atoms with E-state index in [4.69, 9.17) is 4.74 Å². The van der Waals surface area contributed by atoms with E-state index in [1.54, 1.807) is 0 Å². The molecular formula is C13H21N3O. The normalized spacial score (nSPS) is 17.0. The first-order valence-electron chi connectivity index (χ1n) is 6.50. The van der Waals surface area contributed by atoms with Gasteiger partial charge in [0.15, 0.2) is 0 Å². The molecule has 0 radical (unpaired) electrons. The van der Waals surface area contributed by atoms with Crippen LogP contribution in [0.3, 0.4) is 0 Å². The summed E-state index contributed by atoms with van der Waals surface area (Å²) in [6, 6.07) is 3.90.